The van der Waals surface area contributed by atoms with Gasteiger partial charge in [-0.15, -0.1) is 0 Å². The van der Waals surface area contributed by atoms with E-state index in [1.54, 1.807) is 0 Å². The van der Waals surface area contributed by atoms with Crippen molar-refractivity contribution < 1.29 is 9.53 Å². The van der Waals surface area contributed by atoms with E-state index in [-0.39, 0.29) is 12.1 Å². The van der Waals surface area contributed by atoms with Crippen molar-refractivity contribution in [2.45, 2.75) is 51.7 Å². The van der Waals surface area contributed by atoms with Gasteiger partial charge in [-0.25, -0.2) is 0 Å². The van der Waals surface area contributed by atoms with E-state index in [0.29, 0.717) is 12.3 Å². The third kappa shape index (κ3) is 3.35. The van der Waals surface area contributed by atoms with Gasteiger partial charge in [-0.1, -0.05) is 13.8 Å². The molecule has 76 valence electrons. The summed E-state index contributed by atoms with van der Waals surface area (Å²) in [5.74, 6) is 0.224. The third-order valence-electron chi connectivity index (χ3n) is 2.36. The SMILES string of the molecule is CC(C)C[C@@H](N)C(=O)OC1CCC1. The second-order valence-electron chi connectivity index (χ2n) is 4.23. The molecule has 1 aliphatic carbocycles. The Labute approximate surface area is 79.6 Å². The van der Waals surface area contributed by atoms with Gasteiger partial charge in [-0.3, -0.25) is 4.79 Å². The topological polar surface area (TPSA) is 52.3 Å². The van der Waals surface area contributed by atoms with Crippen molar-refractivity contribution in [3.8, 4) is 0 Å². The Morgan fingerprint density at radius 3 is 2.54 bits per heavy atom. The molecule has 0 bridgehead atoms. The highest BCUT2D eigenvalue weighted by molar-refractivity contribution is 5.75. The molecule has 0 radical (unpaired) electrons. The van der Waals surface area contributed by atoms with Crippen LogP contribution in [-0.2, 0) is 9.53 Å². The van der Waals surface area contributed by atoms with Crippen molar-refractivity contribution in [3.63, 3.8) is 0 Å². The summed E-state index contributed by atoms with van der Waals surface area (Å²) < 4.78 is 5.19. The van der Waals surface area contributed by atoms with E-state index in [1.807, 2.05) is 0 Å². The standard InChI is InChI=1S/C10H19NO2/c1-7(2)6-9(11)10(12)13-8-4-3-5-8/h7-9H,3-6,11H2,1-2H3/t9-/m1/s1. The normalized spacial score (nSPS) is 19.7. The Morgan fingerprint density at radius 2 is 2.15 bits per heavy atom. The predicted molar refractivity (Wildman–Crippen MR) is 51.2 cm³/mol. The lowest BCUT2D eigenvalue weighted by Gasteiger charge is -2.26. The van der Waals surface area contributed by atoms with Gasteiger partial charge in [0.15, 0.2) is 0 Å². The number of ether oxygens (including phenoxy) is 1. The van der Waals surface area contributed by atoms with Gasteiger partial charge in [0.2, 0.25) is 0 Å². The van der Waals surface area contributed by atoms with Crippen LogP contribution in [0.2, 0.25) is 0 Å². The van der Waals surface area contributed by atoms with E-state index in [4.69, 9.17) is 10.5 Å². The molecule has 0 unspecified atom stereocenters. The first-order chi connectivity index (χ1) is 6.09. The largest absolute Gasteiger partial charge is 0.461 e. The van der Waals surface area contributed by atoms with E-state index < -0.39 is 6.04 Å². The Kier molecular flexibility index (Phi) is 3.72. The molecule has 0 aliphatic heterocycles. The summed E-state index contributed by atoms with van der Waals surface area (Å²) in [6, 6.07) is -0.430. The number of esters is 1. The highest BCUT2D eigenvalue weighted by Gasteiger charge is 2.25. The second kappa shape index (κ2) is 4.61. The van der Waals surface area contributed by atoms with Crippen LogP contribution in [-0.4, -0.2) is 18.1 Å². The number of hydrogen-bond acceptors (Lipinski definition) is 3. The average molecular weight is 185 g/mol. The summed E-state index contributed by atoms with van der Waals surface area (Å²) in [6.07, 6.45) is 4.08. The molecule has 0 aromatic carbocycles. The molecule has 0 aromatic rings. The molecule has 1 saturated carbocycles. The highest BCUT2D eigenvalue weighted by atomic mass is 16.5. The number of rotatable bonds is 4. The fourth-order valence-corrected chi connectivity index (χ4v) is 1.34. The van der Waals surface area contributed by atoms with Gasteiger partial charge in [0.25, 0.3) is 0 Å². The first-order valence-corrected chi connectivity index (χ1v) is 5.05. The Balaban J connectivity index is 2.20. The second-order valence-corrected chi connectivity index (χ2v) is 4.23. The van der Waals surface area contributed by atoms with Crippen molar-refractivity contribution in [1.82, 2.24) is 0 Å². The van der Waals surface area contributed by atoms with Crippen LogP contribution < -0.4 is 5.73 Å². The van der Waals surface area contributed by atoms with Crippen molar-refractivity contribution in [2.75, 3.05) is 0 Å². The zero-order valence-electron chi connectivity index (χ0n) is 8.45. The number of hydrogen-bond donors (Lipinski definition) is 1. The van der Waals surface area contributed by atoms with E-state index >= 15 is 0 Å². The summed E-state index contributed by atoms with van der Waals surface area (Å²) in [6.45, 7) is 4.10. The monoisotopic (exact) mass is 185 g/mol. The molecule has 3 heteroatoms. The summed E-state index contributed by atoms with van der Waals surface area (Å²) in [5.41, 5.74) is 5.67. The summed E-state index contributed by atoms with van der Waals surface area (Å²) in [5, 5.41) is 0. The molecular weight excluding hydrogens is 166 g/mol. The lowest BCUT2D eigenvalue weighted by molar-refractivity contribution is -0.154. The molecule has 3 nitrogen and oxygen atoms in total. The average Bonchev–Trinajstić information content (AvgIpc) is 1.94. The van der Waals surface area contributed by atoms with Crippen LogP contribution in [0.3, 0.4) is 0 Å². The molecule has 13 heavy (non-hydrogen) atoms. The summed E-state index contributed by atoms with van der Waals surface area (Å²) in [7, 11) is 0. The van der Waals surface area contributed by atoms with Gasteiger partial charge in [0.05, 0.1) is 0 Å². The van der Waals surface area contributed by atoms with Gasteiger partial charge in [0, 0.05) is 0 Å². The van der Waals surface area contributed by atoms with Crippen molar-refractivity contribution in [3.05, 3.63) is 0 Å². The molecule has 0 saturated heterocycles. The third-order valence-corrected chi connectivity index (χ3v) is 2.36. The molecule has 1 rings (SSSR count). The zero-order chi connectivity index (χ0) is 9.84. The fourth-order valence-electron chi connectivity index (χ4n) is 1.34. The van der Waals surface area contributed by atoms with Crippen LogP contribution in [0, 0.1) is 5.92 Å². The van der Waals surface area contributed by atoms with Gasteiger partial charge in [-0.05, 0) is 31.6 Å². The molecular formula is C10H19NO2. The van der Waals surface area contributed by atoms with Crippen molar-refractivity contribution >= 4 is 5.97 Å². The van der Waals surface area contributed by atoms with Gasteiger partial charge in [0.1, 0.15) is 12.1 Å². The molecule has 0 amide bonds. The van der Waals surface area contributed by atoms with Gasteiger partial charge in [-0.2, -0.15) is 0 Å². The number of carbonyl (C=O) groups is 1. The summed E-state index contributed by atoms with van der Waals surface area (Å²) in [4.78, 5) is 11.3. The fraction of sp³-hybridized carbons (Fsp3) is 0.900. The van der Waals surface area contributed by atoms with Crippen LogP contribution in [0.25, 0.3) is 0 Å². The maximum Gasteiger partial charge on any atom is 0.323 e. The lowest BCUT2D eigenvalue weighted by Crippen LogP contribution is -2.37. The van der Waals surface area contributed by atoms with Crippen LogP contribution in [0.15, 0.2) is 0 Å². The maximum atomic E-state index is 11.3. The van der Waals surface area contributed by atoms with Crippen LogP contribution in [0.1, 0.15) is 39.5 Å². The van der Waals surface area contributed by atoms with Crippen molar-refractivity contribution in [2.24, 2.45) is 11.7 Å². The van der Waals surface area contributed by atoms with Gasteiger partial charge < -0.3 is 10.5 Å². The number of nitrogens with two attached hydrogens (primary N) is 1. The molecule has 1 fully saturated rings. The molecule has 1 atom stereocenters. The first kappa shape index (κ1) is 10.5. The van der Waals surface area contributed by atoms with Gasteiger partial charge >= 0.3 is 5.97 Å². The van der Waals surface area contributed by atoms with Crippen molar-refractivity contribution in [1.29, 1.82) is 0 Å². The molecule has 0 heterocycles. The van der Waals surface area contributed by atoms with E-state index in [9.17, 15) is 4.79 Å². The first-order valence-electron chi connectivity index (χ1n) is 5.05. The van der Waals surface area contributed by atoms with E-state index in [2.05, 4.69) is 13.8 Å². The maximum absolute atomic E-state index is 11.3. The van der Waals surface area contributed by atoms with Crippen LogP contribution >= 0.6 is 0 Å². The minimum Gasteiger partial charge on any atom is -0.461 e. The minimum absolute atomic E-state index is 0.158. The predicted octanol–water partition coefficient (Wildman–Crippen LogP) is 1.46. The van der Waals surface area contributed by atoms with E-state index in [0.717, 1.165) is 12.8 Å². The molecule has 1 aliphatic rings. The minimum atomic E-state index is -0.430. The van der Waals surface area contributed by atoms with Crippen LogP contribution in [0.4, 0.5) is 0 Å². The zero-order valence-corrected chi connectivity index (χ0v) is 8.45. The molecule has 0 spiro atoms. The summed E-state index contributed by atoms with van der Waals surface area (Å²) >= 11 is 0. The Bertz CT molecular complexity index is 176. The quantitative estimate of drug-likeness (QED) is 0.674. The van der Waals surface area contributed by atoms with E-state index in [1.165, 1.54) is 6.42 Å². The molecule has 0 aromatic heterocycles. The highest BCUT2D eigenvalue weighted by Crippen LogP contribution is 2.22. The lowest BCUT2D eigenvalue weighted by atomic mass is 9.96. The van der Waals surface area contributed by atoms with Crippen LogP contribution in [0.5, 0.6) is 0 Å². The number of carbonyl (C=O) groups excluding carboxylic acids is 1. The Hall–Kier alpha value is -0.570. The Morgan fingerprint density at radius 1 is 1.54 bits per heavy atom. The smallest absolute Gasteiger partial charge is 0.323 e. The molecule has 2 N–H and O–H groups in total.